The molecule has 0 aliphatic carbocycles. The highest BCUT2D eigenvalue weighted by Crippen LogP contribution is 2.29. The number of amides is 3. The summed E-state index contributed by atoms with van der Waals surface area (Å²) in [6.07, 6.45) is 1.41. The number of urea groups is 1. The number of nitrogens with zero attached hydrogens (tertiary/aromatic N) is 1. The highest BCUT2D eigenvalue weighted by Gasteiger charge is 2.23. The molecule has 1 aliphatic rings. The molecule has 0 bridgehead atoms. The minimum atomic E-state index is -0.191. The van der Waals surface area contributed by atoms with Crippen LogP contribution in [0.3, 0.4) is 0 Å². The van der Waals surface area contributed by atoms with Crippen LogP contribution in [0.1, 0.15) is 24.5 Å². The SMILES string of the molecule is CCC(=O)N1CCc2cc(CNC(=O)NC)ccc21. The van der Waals surface area contributed by atoms with E-state index in [0.717, 1.165) is 24.2 Å². The Kier molecular flexibility index (Phi) is 4.04. The number of hydrogen-bond donors (Lipinski definition) is 2. The van der Waals surface area contributed by atoms with Gasteiger partial charge in [-0.05, 0) is 23.6 Å². The zero-order valence-electron chi connectivity index (χ0n) is 11.3. The van der Waals surface area contributed by atoms with E-state index in [-0.39, 0.29) is 11.9 Å². The monoisotopic (exact) mass is 261 g/mol. The molecule has 0 saturated carbocycles. The van der Waals surface area contributed by atoms with Crippen LogP contribution in [-0.4, -0.2) is 25.5 Å². The highest BCUT2D eigenvalue weighted by atomic mass is 16.2. The van der Waals surface area contributed by atoms with Gasteiger partial charge in [0.05, 0.1) is 0 Å². The number of benzene rings is 1. The summed E-state index contributed by atoms with van der Waals surface area (Å²) < 4.78 is 0. The molecule has 1 aromatic carbocycles. The Hall–Kier alpha value is -2.04. The second-order valence-electron chi connectivity index (χ2n) is 4.54. The van der Waals surface area contributed by atoms with Gasteiger partial charge < -0.3 is 15.5 Å². The first kappa shape index (κ1) is 13.4. The Morgan fingerprint density at radius 1 is 1.37 bits per heavy atom. The van der Waals surface area contributed by atoms with Crippen molar-refractivity contribution >= 4 is 17.6 Å². The fourth-order valence-electron chi connectivity index (χ4n) is 2.29. The van der Waals surface area contributed by atoms with E-state index in [2.05, 4.69) is 16.7 Å². The van der Waals surface area contributed by atoms with Gasteiger partial charge in [0, 0.05) is 32.2 Å². The standard InChI is InChI=1S/C14H19N3O2/c1-3-13(18)17-7-6-11-8-10(4-5-12(11)17)9-16-14(19)15-2/h4-5,8H,3,6-7,9H2,1-2H3,(H2,15,16,19). The predicted octanol–water partition coefficient (Wildman–Crippen LogP) is 1.41. The van der Waals surface area contributed by atoms with Crippen LogP contribution in [0, 0.1) is 0 Å². The van der Waals surface area contributed by atoms with Crippen molar-refractivity contribution in [3.63, 3.8) is 0 Å². The van der Waals surface area contributed by atoms with E-state index in [9.17, 15) is 9.59 Å². The molecule has 0 aromatic heterocycles. The molecule has 0 fully saturated rings. The largest absolute Gasteiger partial charge is 0.341 e. The van der Waals surface area contributed by atoms with Crippen molar-refractivity contribution in [2.45, 2.75) is 26.3 Å². The van der Waals surface area contributed by atoms with Gasteiger partial charge in [-0.25, -0.2) is 4.79 Å². The number of fused-ring (bicyclic) bond motifs is 1. The summed E-state index contributed by atoms with van der Waals surface area (Å²) in [4.78, 5) is 24.7. The van der Waals surface area contributed by atoms with Crippen molar-refractivity contribution in [1.82, 2.24) is 10.6 Å². The minimum absolute atomic E-state index is 0.162. The van der Waals surface area contributed by atoms with Crippen molar-refractivity contribution in [3.8, 4) is 0 Å². The van der Waals surface area contributed by atoms with Gasteiger partial charge in [-0.1, -0.05) is 19.1 Å². The summed E-state index contributed by atoms with van der Waals surface area (Å²) in [6, 6.07) is 5.80. The lowest BCUT2D eigenvalue weighted by Crippen LogP contribution is -2.32. The van der Waals surface area contributed by atoms with Crippen LogP contribution in [0.25, 0.3) is 0 Å². The van der Waals surface area contributed by atoms with Gasteiger partial charge in [0.2, 0.25) is 5.91 Å². The maximum absolute atomic E-state index is 11.8. The van der Waals surface area contributed by atoms with E-state index in [4.69, 9.17) is 0 Å². The third-order valence-electron chi connectivity index (χ3n) is 3.32. The predicted molar refractivity (Wildman–Crippen MR) is 74.1 cm³/mol. The Morgan fingerprint density at radius 3 is 2.84 bits per heavy atom. The van der Waals surface area contributed by atoms with Crippen LogP contribution < -0.4 is 15.5 Å². The third-order valence-corrected chi connectivity index (χ3v) is 3.32. The van der Waals surface area contributed by atoms with Crippen LogP contribution in [0.2, 0.25) is 0 Å². The molecule has 0 radical (unpaired) electrons. The second-order valence-corrected chi connectivity index (χ2v) is 4.54. The normalized spacial score (nSPS) is 13.1. The lowest BCUT2D eigenvalue weighted by atomic mass is 10.1. The van der Waals surface area contributed by atoms with Crippen LogP contribution in [0.4, 0.5) is 10.5 Å². The zero-order valence-corrected chi connectivity index (χ0v) is 11.3. The molecule has 0 unspecified atom stereocenters. The molecule has 0 spiro atoms. The topological polar surface area (TPSA) is 61.4 Å². The molecule has 3 amide bonds. The summed E-state index contributed by atoms with van der Waals surface area (Å²) in [5.74, 6) is 0.162. The molecule has 2 N–H and O–H groups in total. The summed E-state index contributed by atoms with van der Waals surface area (Å²) in [6.45, 7) is 3.13. The second kappa shape index (κ2) is 5.73. The van der Waals surface area contributed by atoms with Gasteiger partial charge in [0.15, 0.2) is 0 Å². The highest BCUT2D eigenvalue weighted by molar-refractivity contribution is 5.95. The summed E-state index contributed by atoms with van der Waals surface area (Å²) in [5, 5.41) is 5.27. The molecular formula is C14H19N3O2. The van der Waals surface area contributed by atoms with Gasteiger partial charge in [-0.2, -0.15) is 0 Å². The molecule has 19 heavy (non-hydrogen) atoms. The fourth-order valence-corrected chi connectivity index (χ4v) is 2.29. The molecule has 1 heterocycles. The fraction of sp³-hybridized carbons (Fsp3) is 0.429. The van der Waals surface area contributed by atoms with E-state index >= 15 is 0 Å². The van der Waals surface area contributed by atoms with Crippen molar-refractivity contribution in [2.75, 3.05) is 18.5 Å². The van der Waals surface area contributed by atoms with Gasteiger partial charge in [0.1, 0.15) is 0 Å². The Bertz CT molecular complexity index is 499. The molecule has 5 heteroatoms. The van der Waals surface area contributed by atoms with Crippen LogP contribution in [0.5, 0.6) is 0 Å². The number of anilines is 1. The van der Waals surface area contributed by atoms with E-state index in [1.807, 2.05) is 24.0 Å². The van der Waals surface area contributed by atoms with Gasteiger partial charge >= 0.3 is 6.03 Å². The molecule has 0 atom stereocenters. The number of nitrogens with one attached hydrogen (secondary N) is 2. The molecular weight excluding hydrogens is 242 g/mol. The van der Waals surface area contributed by atoms with E-state index in [1.165, 1.54) is 5.56 Å². The lowest BCUT2D eigenvalue weighted by Gasteiger charge is -2.16. The van der Waals surface area contributed by atoms with Gasteiger partial charge in [-0.3, -0.25) is 4.79 Å². The van der Waals surface area contributed by atoms with Gasteiger partial charge in [0.25, 0.3) is 0 Å². The first-order valence-corrected chi connectivity index (χ1v) is 6.53. The third kappa shape index (κ3) is 2.86. The average Bonchev–Trinajstić information content (AvgIpc) is 2.86. The Labute approximate surface area is 113 Å². The average molecular weight is 261 g/mol. The van der Waals surface area contributed by atoms with Crippen LogP contribution in [0.15, 0.2) is 18.2 Å². The molecule has 102 valence electrons. The van der Waals surface area contributed by atoms with Crippen molar-refractivity contribution in [3.05, 3.63) is 29.3 Å². The van der Waals surface area contributed by atoms with Gasteiger partial charge in [-0.15, -0.1) is 0 Å². The number of carbonyl (C=O) groups excluding carboxylic acids is 2. The Morgan fingerprint density at radius 2 is 2.16 bits per heavy atom. The van der Waals surface area contributed by atoms with E-state index < -0.39 is 0 Å². The zero-order chi connectivity index (χ0) is 13.8. The van der Waals surface area contributed by atoms with Crippen LogP contribution >= 0.6 is 0 Å². The van der Waals surface area contributed by atoms with E-state index in [1.54, 1.807) is 7.05 Å². The smallest absolute Gasteiger partial charge is 0.314 e. The maximum atomic E-state index is 11.8. The molecule has 5 nitrogen and oxygen atoms in total. The summed E-state index contributed by atoms with van der Waals surface area (Å²) in [5.41, 5.74) is 3.24. The quantitative estimate of drug-likeness (QED) is 0.864. The van der Waals surface area contributed by atoms with Crippen molar-refractivity contribution in [2.24, 2.45) is 0 Å². The number of carbonyl (C=O) groups is 2. The number of hydrogen-bond acceptors (Lipinski definition) is 2. The summed E-state index contributed by atoms with van der Waals surface area (Å²) >= 11 is 0. The first-order valence-electron chi connectivity index (χ1n) is 6.53. The van der Waals surface area contributed by atoms with Crippen molar-refractivity contribution in [1.29, 1.82) is 0 Å². The molecule has 1 aromatic rings. The Balaban J connectivity index is 2.09. The minimum Gasteiger partial charge on any atom is -0.341 e. The van der Waals surface area contributed by atoms with Crippen LogP contribution in [-0.2, 0) is 17.8 Å². The lowest BCUT2D eigenvalue weighted by molar-refractivity contribution is -0.118. The molecule has 2 rings (SSSR count). The first-order chi connectivity index (χ1) is 9.15. The van der Waals surface area contributed by atoms with E-state index in [0.29, 0.717) is 13.0 Å². The number of rotatable bonds is 3. The summed E-state index contributed by atoms with van der Waals surface area (Å²) in [7, 11) is 1.59. The van der Waals surface area contributed by atoms with Crippen molar-refractivity contribution < 1.29 is 9.59 Å². The maximum Gasteiger partial charge on any atom is 0.314 e. The molecule has 1 aliphatic heterocycles. The molecule has 0 saturated heterocycles.